The summed E-state index contributed by atoms with van der Waals surface area (Å²) < 4.78 is 0. The highest BCUT2D eigenvalue weighted by atomic mass is 16.4. The van der Waals surface area contributed by atoms with Crippen LogP contribution in [-0.4, -0.2) is 23.0 Å². The van der Waals surface area contributed by atoms with Crippen molar-refractivity contribution in [2.45, 2.75) is 53.0 Å². The average Bonchev–Trinajstić information content (AvgIpc) is 2.60. The highest BCUT2D eigenvalue weighted by Gasteiger charge is 2.68. The van der Waals surface area contributed by atoms with Crippen LogP contribution >= 0.6 is 0 Å². The van der Waals surface area contributed by atoms with Gasteiger partial charge in [0.05, 0.1) is 5.92 Å². The minimum absolute atomic E-state index is 0.0435. The molecular weight excluding hydrogens is 230 g/mol. The molecule has 0 bridgehead atoms. The maximum absolute atomic E-state index is 12.2. The van der Waals surface area contributed by atoms with E-state index in [0.717, 1.165) is 6.42 Å². The van der Waals surface area contributed by atoms with Crippen molar-refractivity contribution in [1.82, 2.24) is 5.32 Å². The molecule has 0 aromatic rings. The smallest absolute Gasteiger partial charge is 0.306 e. The Morgan fingerprint density at radius 3 is 2.06 bits per heavy atom. The van der Waals surface area contributed by atoms with E-state index in [1.165, 1.54) is 0 Å². The molecule has 2 N–H and O–H groups in total. The quantitative estimate of drug-likeness (QED) is 0.809. The molecule has 2 fully saturated rings. The predicted molar refractivity (Wildman–Crippen MR) is 68.0 cm³/mol. The Morgan fingerprint density at radius 2 is 1.67 bits per heavy atom. The number of aliphatic carboxylic acids is 1. The van der Waals surface area contributed by atoms with Crippen LogP contribution in [0.25, 0.3) is 0 Å². The van der Waals surface area contributed by atoms with Crippen LogP contribution in [0.3, 0.4) is 0 Å². The van der Waals surface area contributed by atoms with Crippen molar-refractivity contribution in [3.05, 3.63) is 0 Å². The Balaban J connectivity index is 1.89. The molecule has 2 atom stereocenters. The fourth-order valence-corrected chi connectivity index (χ4v) is 3.47. The summed E-state index contributed by atoms with van der Waals surface area (Å²) in [6.07, 6.45) is 2.04. The Labute approximate surface area is 108 Å². The standard InChI is InChI=1S/C14H23NO3/c1-13(2)10(14(13,3)4)11(16)15-9-6-5-8(7-9)12(17)18/h8-10H,5-7H2,1-4H3,(H,15,16)(H,17,18)/t8-,9+/m1/s1. The van der Waals surface area contributed by atoms with Crippen LogP contribution in [-0.2, 0) is 9.59 Å². The molecule has 0 aromatic heterocycles. The van der Waals surface area contributed by atoms with Gasteiger partial charge in [0.1, 0.15) is 0 Å². The number of carbonyl (C=O) groups excluding carboxylic acids is 1. The van der Waals surface area contributed by atoms with E-state index in [4.69, 9.17) is 5.11 Å². The van der Waals surface area contributed by atoms with Crippen LogP contribution in [0.4, 0.5) is 0 Å². The fourth-order valence-electron chi connectivity index (χ4n) is 3.47. The van der Waals surface area contributed by atoms with E-state index in [0.29, 0.717) is 12.8 Å². The van der Waals surface area contributed by atoms with Crippen molar-refractivity contribution >= 4 is 11.9 Å². The maximum atomic E-state index is 12.2. The van der Waals surface area contributed by atoms with Crippen LogP contribution in [0, 0.1) is 22.7 Å². The summed E-state index contributed by atoms with van der Waals surface area (Å²) >= 11 is 0. The zero-order valence-corrected chi connectivity index (χ0v) is 11.6. The Kier molecular flexibility index (Phi) is 2.95. The molecule has 4 nitrogen and oxygen atoms in total. The summed E-state index contributed by atoms with van der Waals surface area (Å²) in [4.78, 5) is 23.1. The molecule has 2 aliphatic rings. The molecule has 0 radical (unpaired) electrons. The number of nitrogens with one attached hydrogen (secondary N) is 1. The first-order valence-corrected chi connectivity index (χ1v) is 6.71. The lowest BCUT2D eigenvalue weighted by molar-refractivity contribution is -0.141. The lowest BCUT2D eigenvalue weighted by Gasteiger charge is -2.13. The van der Waals surface area contributed by atoms with Gasteiger partial charge in [0.25, 0.3) is 0 Å². The highest BCUT2D eigenvalue weighted by molar-refractivity contribution is 5.84. The van der Waals surface area contributed by atoms with Gasteiger partial charge in [0.2, 0.25) is 5.91 Å². The third-order valence-electron chi connectivity index (χ3n) is 5.41. The zero-order valence-electron chi connectivity index (χ0n) is 11.6. The molecule has 2 rings (SSSR count). The number of amides is 1. The fraction of sp³-hybridized carbons (Fsp3) is 0.857. The monoisotopic (exact) mass is 253 g/mol. The summed E-state index contributed by atoms with van der Waals surface area (Å²) in [5, 5.41) is 12.0. The molecule has 0 aliphatic heterocycles. The number of carboxylic acid groups (broad SMARTS) is 1. The molecular formula is C14H23NO3. The molecule has 102 valence electrons. The molecule has 0 spiro atoms. The molecule has 2 saturated carbocycles. The van der Waals surface area contributed by atoms with Gasteiger partial charge in [-0.3, -0.25) is 9.59 Å². The van der Waals surface area contributed by atoms with E-state index in [9.17, 15) is 9.59 Å². The van der Waals surface area contributed by atoms with Gasteiger partial charge in [-0.2, -0.15) is 0 Å². The largest absolute Gasteiger partial charge is 0.481 e. The molecule has 0 saturated heterocycles. The summed E-state index contributed by atoms with van der Waals surface area (Å²) in [7, 11) is 0. The van der Waals surface area contributed by atoms with Crippen molar-refractivity contribution < 1.29 is 14.7 Å². The third-order valence-corrected chi connectivity index (χ3v) is 5.41. The van der Waals surface area contributed by atoms with E-state index in [1.54, 1.807) is 0 Å². The van der Waals surface area contributed by atoms with Crippen LogP contribution in [0.1, 0.15) is 47.0 Å². The van der Waals surface area contributed by atoms with Crippen molar-refractivity contribution in [2.75, 3.05) is 0 Å². The van der Waals surface area contributed by atoms with E-state index < -0.39 is 5.97 Å². The predicted octanol–water partition coefficient (Wildman–Crippen LogP) is 2.04. The first kappa shape index (κ1) is 13.4. The maximum Gasteiger partial charge on any atom is 0.306 e. The second-order valence-electron chi connectivity index (χ2n) is 6.93. The third kappa shape index (κ3) is 1.91. The number of carbonyl (C=O) groups is 2. The number of carboxylic acids is 1. The summed E-state index contributed by atoms with van der Waals surface area (Å²) in [5.74, 6) is -0.871. The zero-order chi connectivity index (χ0) is 13.7. The van der Waals surface area contributed by atoms with Crippen molar-refractivity contribution in [1.29, 1.82) is 0 Å². The molecule has 4 heteroatoms. The minimum Gasteiger partial charge on any atom is -0.481 e. The van der Waals surface area contributed by atoms with Gasteiger partial charge in [-0.05, 0) is 30.1 Å². The lowest BCUT2D eigenvalue weighted by atomic mass is 10.0. The highest BCUT2D eigenvalue weighted by Crippen LogP contribution is 2.68. The first-order valence-electron chi connectivity index (χ1n) is 6.71. The average molecular weight is 253 g/mol. The van der Waals surface area contributed by atoms with Gasteiger partial charge < -0.3 is 10.4 Å². The van der Waals surface area contributed by atoms with E-state index >= 15 is 0 Å². The second kappa shape index (κ2) is 3.97. The van der Waals surface area contributed by atoms with Gasteiger partial charge >= 0.3 is 5.97 Å². The van der Waals surface area contributed by atoms with Gasteiger partial charge in [-0.25, -0.2) is 0 Å². The van der Waals surface area contributed by atoms with Crippen molar-refractivity contribution in [3.63, 3.8) is 0 Å². The topological polar surface area (TPSA) is 66.4 Å². The van der Waals surface area contributed by atoms with Crippen molar-refractivity contribution in [2.24, 2.45) is 22.7 Å². The second-order valence-corrected chi connectivity index (χ2v) is 6.93. The van der Waals surface area contributed by atoms with Gasteiger partial charge in [-0.15, -0.1) is 0 Å². The summed E-state index contributed by atoms with van der Waals surface area (Å²) in [6.45, 7) is 8.47. The first-order chi connectivity index (χ1) is 8.18. The lowest BCUT2D eigenvalue weighted by Crippen LogP contribution is -2.35. The van der Waals surface area contributed by atoms with Gasteiger partial charge in [0, 0.05) is 12.0 Å². The van der Waals surface area contributed by atoms with Crippen molar-refractivity contribution in [3.8, 4) is 0 Å². The molecule has 18 heavy (non-hydrogen) atoms. The summed E-state index contributed by atoms with van der Waals surface area (Å²) in [5.41, 5.74) is 0.0871. The van der Waals surface area contributed by atoms with Crippen LogP contribution in [0.15, 0.2) is 0 Å². The molecule has 0 aromatic carbocycles. The van der Waals surface area contributed by atoms with Crippen LogP contribution in [0.5, 0.6) is 0 Å². The molecule has 1 amide bonds. The van der Waals surface area contributed by atoms with E-state index in [2.05, 4.69) is 33.0 Å². The van der Waals surface area contributed by atoms with Gasteiger partial charge in [-0.1, -0.05) is 27.7 Å². The Morgan fingerprint density at radius 1 is 1.11 bits per heavy atom. The minimum atomic E-state index is -0.737. The Bertz CT molecular complexity index is 373. The normalized spacial score (nSPS) is 33.1. The number of hydrogen-bond donors (Lipinski definition) is 2. The molecule has 2 aliphatic carbocycles. The van der Waals surface area contributed by atoms with Crippen LogP contribution in [0.2, 0.25) is 0 Å². The van der Waals surface area contributed by atoms with Gasteiger partial charge in [0.15, 0.2) is 0 Å². The summed E-state index contributed by atoms with van der Waals surface area (Å²) in [6, 6.07) is 0.0470. The number of hydrogen-bond acceptors (Lipinski definition) is 2. The Hall–Kier alpha value is -1.06. The van der Waals surface area contributed by atoms with E-state index in [1.807, 2.05) is 0 Å². The molecule has 0 unspecified atom stereocenters. The SMILES string of the molecule is CC1(C)C(C(=O)N[C@H]2CC[C@@H](C(=O)O)C2)C1(C)C. The van der Waals surface area contributed by atoms with Crippen LogP contribution < -0.4 is 5.32 Å². The van der Waals surface area contributed by atoms with E-state index in [-0.39, 0.29) is 34.6 Å². The number of rotatable bonds is 3. The molecule has 0 heterocycles.